The molecule has 0 heterocycles. The fourth-order valence-corrected chi connectivity index (χ4v) is 2.47. The van der Waals surface area contributed by atoms with Crippen molar-refractivity contribution in [2.24, 2.45) is 0 Å². The molecule has 102 valence electrons. The fourth-order valence-electron chi connectivity index (χ4n) is 2.23. The summed E-state index contributed by atoms with van der Waals surface area (Å²) in [7, 11) is 0. The van der Waals surface area contributed by atoms with Crippen LogP contribution in [-0.4, -0.2) is 30.3 Å². The lowest BCUT2D eigenvalue weighted by Crippen LogP contribution is -2.31. The fraction of sp³-hybridized carbons (Fsp3) is 0.571. The first-order valence-electron chi connectivity index (χ1n) is 6.07. The van der Waals surface area contributed by atoms with Crippen LogP contribution in [0.25, 0.3) is 0 Å². The zero-order valence-corrected chi connectivity index (χ0v) is 11.9. The molecule has 0 radical (unpaired) electrons. The molecule has 1 aromatic rings. The molecule has 0 fully saturated rings. The van der Waals surface area contributed by atoms with Gasteiger partial charge in [-0.15, -0.1) is 11.6 Å². The van der Waals surface area contributed by atoms with E-state index in [1.807, 2.05) is 20.8 Å². The van der Waals surface area contributed by atoms with E-state index in [1.54, 1.807) is 4.90 Å². The summed E-state index contributed by atoms with van der Waals surface area (Å²) in [4.78, 5) is 1.71. The van der Waals surface area contributed by atoms with Crippen molar-refractivity contribution in [1.29, 1.82) is 0 Å². The van der Waals surface area contributed by atoms with E-state index >= 15 is 0 Å². The summed E-state index contributed by atoms with van der Waals surface area (Å²) in [5.74, 6) is 0.372. The molecule has 0 aliphatic rings. The van der Waals surface area contributed by atoms with E-state index in [0.717, 1.165) is 16.7 Å². The van der Waals surface area contributed by atoms with Crippen molar-refractivity contribution < 1.29 is 8.78 Å². The Bertz CT molecular complexity index is 370. The number of benzene rings is 1. The quantitative estimate of drug-likeness (QED) is 0.712. The highest BCUT2D eigenvalue weighted by Gasteiger charge is 2.14. The molecular formula is C14H20ClF2N. The van der Waals surface area contributed by atoms with Crippen molar-refractivity contribution in [2.75, 3.05) is 19.0 Å². The number of nitrogens with zero attached hydrogens (tertiary/aromatic N) is 1. The molecule has 18 heavy (non-hydrogen) atoms. The molecule has 0 bridgehead atoms. The highest BCUT2D eigenvalue weighted by molar-refractivity contribution is 6.18. The molecule has 0 aliphatic carbocycles. The van der Waals surface area contributed by atoms with Crippen LogP contribution in [0, 0.1) is 20.8 Å². The van der Waals surface area contributed by atoms with Crippen molar-refractivity contribution in [3.05, 3.63) is 34.4 Å². The van der Waals surface area contributed by atoms with Crippen LogP contribution >= 0.6 is 11.6 Å². The molecule has 1 rings (SSSR count). The number of hydrogen-bond donors (Lipinski definition) is 0. The van der Waals surface area contributed by atoms with Crippen LogP contribution in [0.5, 0.6) is 0 Å². The summed E-state index contributed by atoms with van der Waals surface area (Å²) in [6.07, 6.45) is -2.32. The van der Waals surface area contributed by atoms with Crippen molar-refractivity contribution in [3.8, 4) is 0 Å². The Morgan fingerprint density at radius 1 is 1.17 bits per heavy atom. The standard InChI is InChI=1S/C14H20ClF2N/c1-10-6-11(2)13(12(3)7-10)8-18(5-4-15)9-14(16)17/h6-7,14H,4-5,8-9H2,1-3H3. The van der Waals surface area contributed by atoms with Gasteiger partial charge in [0.15, 0.2) is 0 Å². The molecule has 4 heteroatoms. The predicted octanol–water partition coefficient (Wildman–Crippen LogP) is 3.92. The third-order valence-electron chi connectivity index (χ3n) is 3.02. The Balaban J connectivity index is 2.86. The Labute approximate surface area is 113 Å². The Morgan fingerprint density at radius 2 is 1.72 bits per heavy atom. The van der Waals surface area contributed by atoms with E-state index in [9.17, 15) is 8.78 Å². The normalized spacial score (nSPS) is 11.6. The van der Waals surface area contributed by atoms with Crippen molar-refractivity contribution in [1.82, 2.24) is 4.90 Å². The average molecular weight is 276 g/mol. The molecule has 0 aliphatic heterocycles. The van der Waals surface area contributed by atoms with Gasteiger partial charge < -0.3 is 0 Å². The van der Waals surface area contributed by atoms with E-state index in [1.165, 1.54) is 5.56 Å². The third-order valence-corrected chi connectivity index (χ3v) is 3.19. The van der Waals surface area contributed by atoms with Crippen LogP contribution < -0.4 is 0 Å². The van der Waals surface area contributed by atoms with Crippen LogP contribution in [0.1, 0.15) is 22.3 Å². The molecule has 0 unspecified atom stereocenters. The van der Waals surface area contributed by atoms with Gasteiger partial charge in [0.2, 0.25) is 0 Å². The average Bonchev–Trinajstić information content (AvgIpc) is 2.22. The van der Waals surface area contributed by atoms with Crippen LogP contribution in [0.15, 0.2) is 12.1 Å². The number of alkyl halides is 3. The minimum atomic E-state index is -2.32. The van der Waals surface area contributed by atoms with Crippen LogP contribution in [-0.2, 0) is 6.54 Å². The molecule has 1 aromatic carbocycles. The summed E-state index contributed by atoms with van der Waals surface area (Å²) in [6, 6.07) is 4.17. The molecule has 0 saturated heterocycles. The first-order valence-corrected chi connectivity index (χ1v) is 6.60. The van der Waals surface area contributed by atoms with Gasteiger partial charge in [0, 0.05) is 19.0 Å². The minimum absolute atomic E-state index is 0.223. The van der Waals surface area contributed by atoms with Gasteiger partial charge in [-0.25, -0.2) is 8.78 Å². The molecular weight excluding hydrogens is 256 g/mol. The van der Waals surface area contributed by atoms with E-state index in [4.69, 9.17) is 11.6 Å². The van der Waals surface area contributed by atoms with E-state index in [-0.39, 0.29) is 6.54 Å². The summed E-state index contributed by atoms with van der Waals surface area (Å²) < 4.78 is 25.0. The zero-order chi connectivity index (χ0) is 13.7. The zero-order valence-electron chi connectivity index (χ0n) is 11.1. The largest absolute Gasteiger partial charge is 0.292 e. The topological polar surface area (TPSA) is 3.24 Å². The summed E-state index contributed by atoms with van der Waals surface area (Å²) in [5.41, 5.74) is 4.64. The maximum atomic E-state index is 12.5. The molecule has 0 amide bonds. The van der Waals surface area contributed by atoms with Gasteiger partial charge in [-0.1, -0.05) is 17.7 Å². The summed E-state index contributed by atoms with van der Waals surface area (Å²) in [5, 5.41) is 0. The van der Waals surface area contributed by atoms with Crippen molar-refractivity contribution >= 4 is 11.6 Å². The Morgan fingerprint density at radius 3 is 2.17 bits per heavy atom. The lowest BCUT2D eigenvalue weighted by Gasteiger charge is -2.23. The first-order chi connectivity index (χ1) is 8.43. The molecule has 0 N–H and O–H groups in total. The van der Waals surface area contributed by atoms with Gasteiger partial charge in [-0.2, -0.15) is 0 Å². The Hall–Kier alpha value is -0.670. The van der Waals surface area contributed by atoms with Crippen LogP contribution in [0.4, 0.5) is 8.78 Å². The summed E-state index contributed by atoms with van der Waals surface area (Å²) >= 11 is 5.66. The van der Waals surface area contributed by atoms with E-state index in [2.05, 4.69) is 12.1 Å². The SMILES string of the molecule is Cc1cc(C)c(CN(CCCl)CC(F)F)c(C)c1. The minimum Gasteiger partial charge on any atom is -0.292 e. The van der Waals surface area contributed by atoms with Gasteiger partial charge in [0.05, 0.1) is 6.54 Å². The molecule has 0 spiro atoms. The molecule has 1 nitrogen and oxygen atoms in total. The highest BCUT2D eigenvalue weighted by atomic mass is 35.5. The van der Waals surface area contributed by atoms with E-state index in [0.29, 0.717) is 19.0 Å². The van der Waals surface area contributed by atoms with Gasteiger partial charge >= 0.3 is 0 Å². The van der Waals surface area contributed by atoms with Gasteiger partial charge in [0.25, 0.3) is 6.43 Å². The molecule has 0 atom stereocenters. The lowest BCUT2D eigenvalue weighted by atomic mass is 9.99. The maximum absolute atomic E-state index is 12.5. The second-order valence-electron chi connectivity index (χ2n) is 4.69. The number of hydrogen-bond acceptors (Lipinski definition) is 1. The van der Waals surface area contributed by atoms with Crippen molar-refractivity contribution in [2.45, 2.75) is 33.7 Å². The van der Waals surface area contributed by atoms with E-state index < -0.39 is 6.43 Å². The number of halogens is 3. The maximum Gasteiger partial charge on any atom is 0.251 e. The van der Waals surface area contributed by atoms with Crippen LogP contribution in [0.3, 0.4) is 0 Å². The highest BCUT2D eigenvalue weighted by Crippen LogP contribution is 2.19. The smallest absolute Gasteiger partial charge is 0.251 e. The van der Waals surface area contributed by atoms with Gasteiger partial charge in [0.1, 0.15) is 0 Å². The number of rotatable bonds is 6. The number of aryl methyl sites for hydroxylation is 3. The lowest BCUT2D eigenvalue weighted by molar-refractivity contribution is 0.0876. The Kier molecular flexibility index (Phi) is 6.03. The van der Waals surface area contributed by atoms with Gasteiger partial charge in [-0.05, 0) is 37.5 Å². The third kappa shape index (κ3) is 4.54. The first kappa shape index (κ1) is 15.4. The monoisotopic (exact) mass is 275 g/mol. The van der Waals surface area contributed by atoms with Crippen LogP contribution in [0.2, 0.25) is 0 Å². The summed E-state index contributed by atoms with van der Waals surface area (Å²) in [6.45, 7) is 6.89. The molecule has 0 aromatic heterocycles. The second-order valence-corrected chi connectivity index (χ2v) is 5.07. The second kappa shape index (κ2) is 7.05. The predicted molar refractivity (Wildman–Crippen MR) is 72.7 cm³/mol. The molecule has 0 saturated carbocycles. The van der Waals surface area contributed by atoms with Crippen molar-refractivity contribution in [3.63, 3.8) is 0 Å². The van der Waals surface area contributed by atoms with Gasteiger partial charge in [-0.3, -0.25) is 4.90 Å².